The number of carbonyl (C=O) groups is 1. The van der Waals surface area contributed by atoms with Crippen molar-refractivity contribution in [2.45, 2.75) is 24.7 Å². The summed E-state index contributed by atoms with van der Waals surface area (Å²) in [7, 11) is -2.40. The summed E-state index contributed by atoms with van der Waals surface area (Å²) in [4.78, 5) is 14.1. The van der Waals surface area contributed by atoms with E-state index in [0.717, 1.165) is 19.5 Å². The summed E-state index contributed by atoms with van der Waals surface area (Å²) < 4.78 is 32.4. The standard InChI is InChI=1S/C20H24N2O4S/c1-15-8-9-17(14-18(15)20(23)26-2)27(24,25)21-11-5-12-22-13-10-16-6-3-4-7-19(16)22/h3-4,6-9,14,21H,5,10-13H2,1-2H3. The molecular weight excluding hydrogens is 364 g/mol. The molecule has 0 spiro atoms. The fraction of sp³-hybridized carbons (Fsp3) is 0.350. The first kappa shape index (κ1) is 19.4. The molecular formula is C20H24N2O4S. The van der Waals surface area contributed by atoms with Crippen molar-refractivity contribution in [3.05, 3.63) is 59.2 Å². The maximum atomic E-state index is 12.5. The van der Waals surface area contributed by atoms with Crippen molar-refractivity contribution in [2.24, 2.45) is 0 Å². The molecule has 1 N–H and O–H groups in total. The smallest absolute Gasteiger partial charge is 0.338 e. The molecule has 1 aliphatic heterocycles. The Morgan fingerprint density at radius 2 is 2.00 bits per heavy atom. The molecule has 0 amide bonds. The summed E-state index contributed by atoms with van der Waals surface area (Å²) in [6, 6.07) is 12.8. The molecule has 1 heterocycles. The van der Waals surface area contributed by atoms with Gasteiger partial charge in [-0.25, -0.2) is 17.9 Å². The lowest BCUT2D eigenvalue weighted by molar-refractivity contribution is 0.0599. The van der Waals surface area contributed by atoms with Crippen LogP contribution in [0.1, 0.15) is 27.9 Å². The van der Waals surface area contributed by atoms with Crippen molar-refractivity contribution in [1.82, 2.24) is 4.72 Å². The van der Waals surface area contributed by atoms with Crippen LogP contribution in [0.25, 0.3) is 0 Å². The Morgan fingerprint density at radius 3 is 2.78 bits per heavy atom. The van der Waals surface area contributed by atoms with Crippen LogP contribution in [-0.2, 0) is 21.2 Å². The molecule has 0 unspecified atom stereocenters. The van der Waals surface area contributed by atoms with E-state index in [9.17, 15) is 13.2 Å². The van der Waals surface area contributed by atoms with Gasteiger partial charge in [-0.2, -0.15) is 0 Å². The number of aryl methyl sites for hydroxylation is 1. The summed E-state index contributed by atoms with van der Waals surface area (Å²) in [6.07, 6.45) is 1.73. The number of nitrogens with zero attached hydrogens (tertiary/aromatic N) is 1. The largest absolute Gasteiger partial charge is 0.465 e. The molecule has 0 bridgehead atoms. The molecule has 6 nitrogen and oxygen atoms in total. The van der Waals surface area contributed by atoms with Gasteiger partial charge in [0.05, 0.1) is 17.6 Å². The van der Waals surface area contributed by atoms with Crippen LogP contribution in [0.2, 0.25) is 0 Å². The molecule has 0 atom stereocenters. The molecule has 0 fully saturated rings. The second kappa shape index (κ2) is 8.10. The number of esters is 1. The van der Waals surface area contributed by atoms with Crippen molar-refractivity contribution in [2.75, 3.05) is 31.6 Å². The van der Waals surface area contributed by atoms with Crippen LogP contribution < -0.4 is 9.62 Å². The van der Waals surface area contributed by atoms with Gasteiger partial charge in [-0.3, -0.25) is 0 Å². The van der Waals surface area contributed by atoms with E-state index < -0.39 is 16.0 Å². The number of benzene rings is 2. The average molecular weight is 388 g/mol. The summed E-state index contributed by atoms with van der Waals surface area (Å²) in [5.74, 6) is -0.544. The van der Waals surface area contributed by atoms with Crippen LogP contribution in [0.3, 0.4) is 0 Å². The second-order valence-corrected chi connectivity index (χ2v) is 8.35. The zero-order valence-corrected chi connectivity index (χ0v) is 16.4. The zero-order valence-electron chi connectivity index (χ0n) is 15.6. The van der Waals surface area contributed by atoms with Crippen molar-refractivity contribution < 1.29 is 17.9 Å². The van der Waals surface area contributed by atoms with Gasteiger partial charge in [-0.05, 0) is 49.1 Å². The molecule has 1 aliphatic rings. The molecule has 2 aromatic rings. The predicted octanol–water partition coefficient (Wildman–Crippen LogP) is 2.51. The van der Waals surface area contributed by atoms with Gasteiger partial charge in [-0.1, -0.05) is 24.3 Å². The molecule has 144 valence electrons. The Labute approximate surface area is 160 Å². The molecule has 0 aliphatic carbocycles. The molecule has 3 rings (SSSR count). The number of carbonyl (C=O) groups excluding carboxylic acids is 1. The van der Waals surface area contributed by atoms with E-state index in [1.165, 1.54) is 30.5 Å². The normalized spacial score (nSPS) is 13.5. The maximum Gasteiger partial charge on any atom is 0.338 e. The predicted molar refractivity (Wildman–Crippen MR) is 105 cm³/mol. The summed E-state index contributed by atoms with van der Waals surface area (Å²) >= 11 is 0. The van der Waals surface area contributed by atoms with Crippen molar-refractivity contribution >= 4 is 21.7 Å². The fourth-order valence-electron chi connectivity index (χ4n) is 3.30. The minimum Gasteiger partial charge on any atom is -0.465 e. The monoisotopic (exact) mass is 388 g/mol. The summed E-state index contributed by atoms with van der Waals surface area (Å²) in [5.41, 5.74) is 3.51. The van der Waals surface area contributed by atoms with E-state index in [1.807, 2.05) is 12.1 Å². The fourth-order valence-corrected chi connectivity index (χ4v) is 4.40. The number of ether oxygens (including phenoxy) is 1. The number of nitrogens with one attached hydrogen (secondary N) is 1. The van der Waals surface area contributed by atoms with Crippen LogP contribution in [0, 0.1) is 6.92 Å². The third kappa shape index (κ3) is 4.31. The lowest BCUT2D eigenvalue weighted by Gasteiger charge is -2.19. The highest BCUT2D eigenvalue weighted by Crippen LogP contribution is 2.27. The van der Waals surface area contributed by atoms with Crippen molar-refractivity contribution in [1.29, 1.82) is 0 Å². The van der Waals surface area contributed by atoms with Gasteiger partial charge in [0, 0.05) is 25.3 Å². The second-order valence-electron chi connectivity index (χ2n) is 6.59. The van der Waals surface area contributed by atoms with Gasteiger partial charge in [0.2, 0.25) is 10.0 Å². The molecule has 0 saturated carbocycles. The highest BCUT2D eigenvalue weighted by Gasteiger charge is 2.20. The number of hydrogen-bond donors (Lipinski definition) is 1. The van der Waals surface area contributed by atoms with E-state index in [-0.39, 0.29) is 10.5 Å². The van der Waals surface area contributed by atoms with Crippen LogP contribution in [0.5, 0.6) is 0 Å². The highest BCUT2D eigenvalue weighted by molar-refractivity contribution is 7.89. The number of rotatable bonds is 7. The van der Waals surface area contributed by atoms with Gasteiger partial charge >= 0.3 is 5.97 Å². The van der Waals surface area contributed by atoms with Crippen molar-refractivity contribution in [3.63, 3.8) is 0 Å². The Morgan fingerprint density at radius 1 is 1.22 bits per heavy atom. The first-order chi connectivity index (χ1) is 12.9. The molecule has 0 saturated heterocycles. The Hall–Kier alpha value is -2.38. The first-order valence-electron chi connectivity index (χ1n) is 8.94. The van der Waals surface area contributed by atoms with Crippen LogP contribution in [0.4, 0.5) is 5.69 Å². The summed E-state index contributed by atoms with van der Waals surface area (Å²) in [6.45, 7) is 3.83. The number of anilines is 1. The topological polar surface area (TPSA) is 75.7 Å². The highest BCUT2D eigenvalue weighted by atomic mass is 32.2. The minimum absolute atomic E-state index is 0.0695. The molecule has 0 radical (unpaired) electrons. The summed E-state index contributed by atoms with van der Waals surface area (Å²) in [5, 5.41) is 0. The van der Waals surface area contributed by atoms with Crippen LogP contribution in [-0.4, -0.2) is 41.1 Å². The third-order valence-corrected chi connectivity index (χ3v) is 6.26. The quantitative estimate of drug-likeness (QED) is 0.583. The van der Waals surface area contributed by atoms with Crippen LogP contribution >= 0.6 is 0 Å². The SMILES string of the molecule is COC(=O)c1cc(S(=O)(=O)NCCCN2CCc3ccccc32)ccc1C. The lowest BCUT2D eigenvalue weighted by atomic mass is 10.1. The van der Waals surface area contributed by atoms with E-state index in [0.29, 0.717) is 18.5 Å². The van der Waals surface area contributed by atoms with Crippen molar-refractivity contribution in [3.8, 4) is 0 Å². The van der Waals surface area contributed by atoms with E-state index in [1.54, 1.807) is 13.0 Å². The Balaban J connectivity index is 1.59. The maximum absolute atomic E-state index is 12.5. The first-order valence-corrected chi connectivity index (χ1v) is 10.4. The Bertz CT molecular complexity index is 941. The van der Waals surface area contributed by atoms with Gasteiger partial charge in [0.25, 0.3) is 0 Å². The Kier molecular flexibility index (Phi) is 5.82. The average Bonchev–Trinajstić information content (AvgIpc) is 3.08. The van der Waals surface area contributed by atoms with Gasteiger partial charge < -0.3 is 9.64 Å². The van der Waals surface area contributed by atoms with E-state index in [2.05, 4.69) is 21.8 Å². The zero-order chi connectivity index (χ0) is 19.4. The molecule has 7 heteroatoms. The number of para-hydroxylation sites is 1. The number of methoxy groups -OCH3 is 1. The van der Waals surface area contributed by atoms with Gasteiger partial charge in [0.1, 0.15) is 0 Å². The van der Waals surface area contributed by atoms with E-state index >= 15 is 0 Å². The van der Waals surface area contributed by atoms with Gasteiger partial charge in [-0.15, -0.1) is 0 Å². The number of hydrogen-bond acceptors (Lipinski definition) is 5. The molecule has 0 aromatic heterocycles. The molecule has 2 aromatic carbocycles. The molecule has 27 heavy (non-hydrogen) atoms. The minimum atomic E-state index is -3.67. The number of sulfonamides is 1. The van der Waals surface area contributed by atoms with E-state index in [4.69, 9.17) is 4.74 Å². The van der Waals surface area contributed by atoms with Gasteiger partial charge in [0.15, 0.2) is 0 Å². The third-order valence-electron chi connectivity index (χ3n) is 4.80. The lowest BCUT2D eigenvalue weighted by Crippen LogP contribution is -2.29. The number of fused-ring (bicyclic) bond motifs is 1. The van der Waals surface area contributed by atoms with Crippen LogP contribution in [0.15, 0.2) is 47.4 Å².